The van der Waals surface area contributed by atoms with Crippen LogP contribution >= 0.6 is 0 Å². The molecule has 6 nitrogen and oxygen atoms in total. The van der Waals surface area contributed by atoms with Gasteiger partial charge in [0, 0.05) is 11.8 Å². The van der Waals surface area contributed by atoms with Crippen molar-refractivity contribution in [2.75, 3.05) is 5.32 Å². The van der Waals surface area contributed by atoms with Gasteiger partial charge in [0.25, 0.3) is 11.6 Å². The van der Waals surface area contributed by atoms with E-state index in [4.69, 9.17) is 7.85 Å². The van der Waals surface area contributed by atoms with E-state index >= 15 is 0 Å². The van der Waals surface area contributed by atoms with E-state index in [1.54, 1.807) is 0 Å². The number of hydrogen-bond acceptors (Lipinski definition) is 4. The van der Waals surface area contributed by atoms with Gasteiger partial charge in [-0.15, -0.1) is 0 Å². The molecule has 0 aliphatic carbocycles. The number of benzene rings is 1. The molecule has 0 saturated heterocycles. The molecule has 10 heteroatoms. The molecule has 0 heterocycles. The number of carbonyl (C=O) groups excluding carboxylic acids is 1. The van der Waals surface area contributed by atoms with Crippen molar-refractivity contribution in [3.63, 3.8) is 0 Å². The highest BCUT2D eigenvalue weighted by atomic mass is 19.4. The maximum Gasteiger partial charge on any atom is 0.423 e. The van der Waals surface area contributed by atoms with Crippen LogP contribution in [0.4, 0.5) is 24.5 Å². The van der Waals surface area contributed by atoms with Crippen LogP contribution in [-0.2, 0) is 11.0 Å². The fourth-order valence-corrected chi connectivity index (χ4v) is 1.66. The van der Waals surface area contributed by atoms with Crippen LogP contribution < -0.4 is 5.32 Å². The lowest BCUT2D eigenvalue weighted by molar-refractivity contribution is -0.388. The Balaban J connectivity index is 3.13. The maximum atomic E-state index is 12.8. The van der Waals surface area contributed by atoms with Gasteiger partial charge in [0.1, 0.15) is 11.2 Å². The first kappa shape index (κ1) is 18.0. The molecule has 1 aromatic carbocycles. The lowest BCUT2D eigenvalue weighted by atomic mass is 9.90. The van der Waals surface area contributed by atoms with Crippen LogP contribution in [0, 0.1) is 10.1 Å². The summed E-state index contributed by atoms with van der Waals surface area (Å²) in [4.78, 5) is 21.2. The number of rotatable bonds is 5. The molecule has 0 aliphatic heterocycles. The SMILES string of the molecule is [B]CC[C@](C)(O)C(=O)Nc1ccc([N+](=O)[O-])c(C(F)(F)F)c1. The smallest absolute Gasteiger partial charge is 0.380 e. The van der Waals surface area contributed by atoms with E-state index in [2.05, 4.69) is 5.32 Å². The Kier molecular flexibility index (Phi) is 5.18. The molecule has 0 aliphatic rings. The molecule has 118 valence electrons. The van der Waals surface area contributed by atoms with Gasteiger partial charge in [0.2, 0.25) is 0 Å². The van der Waals surface area contributed by atoms with Crippen molar-refractivity contribution in [1.29, 1.82) is 0 Å². The van der Waals surface area contributed by atoms with Crippen molar-refractivity contribution in [1.82, 2.24) is 0 Å². The number of halogens is 3. The molecular weight excluding hydrogens is 304 g/mol. The molecule has 0 bridgehead atoms. The standard InChI is InChI=1S/C12H12BF3N2O4/c1-11(20,4-5-13)10(19)17-7-2-3-9(18(21)22)8(6-7)12(14,15)16/h2-3,6,20H,4-5H2,1H3,(H,17,19)/t11-/m0/s1. The summed E-state index contributed by atoms with van der Waals surface area (Å²) in [6, 6.07) is 2.02. The van der Waals surface area contributed by atoms with Gasteiger partial charge in [-0.1, -0.05) is 6.32 Å². The van der Waals surface area contributed by atoms with Crippen molar-refractivity contribution >= 4 is 25.1 Å². The van der Waals surface area contributed by atoms with Gasteiger partial charge in [-0.3, -0.25) is 14.9 Å². The Morgan fingerprint density at radius 3 is 2.50 bits per heavy atom. The minimum atomic E-state index is -4.96. The number of hydrogen-bond donors (Lipinski definition) is 2. The van der Waals surface area contributed by atoms with Crippen LogP contribution in [0.5, 0.6) is 0 Å². The zero-order chi connectivity index (χ0) is 17.1. The van der Waals surface area contributed by atoms with Crippen LogP contribution in [0.3, 0.4) is 0 Å². The highest BCUT2D eigenvalue weighted by Crippen LogP contribution is 2.37. The number of nitrogens with zero attached hydrogens (tertiary/aromatic N) is 1. The van der Waals surface area contributed by atoms with Crippen molar-refractivity contribution < 1.29 is 28.0 Å². The molecule has 2 radical (unpaired) electrons. The van der Waals surface area contributed by atoms with Crippen molar-refractivity contribution in [2.24, 2.45) is 0 Å². The summed E-state index contributed by atoms with van der Waals surface area (Å²) in [5.74, 6) is -0.958. The predicted octanol–water partition coefficient (Wildman–Crippen LogP) is 2.28. The van der Waals surface area contributed by atoms with E-state index in [9.17, 15) is 33.2 Å². The molecule has 0 aromatic heterocycles. The van der Waals surface area contributed by atoms with Crippen molar-refractivity contribution in [3.05, 3.63) is 33.9 Å². The first-order valence-corrected chi connectivity index (χ1v) is 6.08. The maximum absolute atomic E-state index is 12.8. The number of aliphatic hydroxyl groups is 1. The number of amides is 1. The summed E-state index contributed by atoms with van der Waals surface area (Å²) in [7, 11) is 5.22. The number of carbonyl (C=O) groups is 1. The number of nitrogens with one attached hydrogen (secondary N) is 1. The highest BCUT2D eigenvalue weighted by molar-refractivity contribution is 6.09. The second kappa shape index (κ2) is 6.35. The molecule has 1 amide bonds. The Morgan fingerprint density at radius 1 is 1.45 bits per heavy atom. The fourth-order valence-electron chi connectivity index (χ4n) is 1.66. The summed E-state index contributed by atoms with van der Waals surface area (Å²) in [5.41, 5.74) is -4.80. The van der Waals surface area contributed by atoms with E-state index in [-0.39, 0.29) is 18.4 Å². The predicted molar refractivity (Wildman–Crippen MR) is 72.5 cm³/mol. The summed E-state index contributed by atoms with van der Waals surface area (Å²) in [6.07, 6.45) is -5.06. The molecular formula is C12H12BF3N2O4. The van der Waals surface area contributed by atoms with Gasteiger partial charge in [-0.2, -0.15) is 13.2 Å². The van der Waals surface area contributed by atoms with E-state index in [1.165, 1.54) is 0 Å². The molecule has 0 unspecified atom stereocenters. The van der Waals surface area contributed by atoms with Crippen LogP contribution in [0.1, 0.15) is 18.9 Å². The van der Waals surface area contributed by atoms with Crippen LogP contribution in [0.2, 0.25) is 6.32 Å². The van der Waals surface area contributed by atoms with Gasteiger partial charge < -0.3 is 10.4 Å². The van der Waals surface area contributed by atoms with Gasteiger partial charge in [-0.25, -0.2) is 0 Å². The van der Waals surface area contributed by atoms with Crippen molar-refractivity contribution in [2.45, 2.75) is 31.4 Å². The lowest BCUT2D eigenvalue weighted by Crippen LogP contribution is -2.39. The molecule has 0 saturated carbocycles. The summed E-state index contributed by atoms with van der Waals surface area (Å²) in [6.45, 7) is 1.16. The number of anilines is 1. The second-order valence-electron chi connectivity index (χ2n) is 4.75. The fraction of sp³-hybridized carbons (Fsp3) is 0.417. The van der Waals surface area contributed by atoms with Gasteiger partial charge in [-0.05, 0) is 25.5 Å². The average molecular weight is 316 g/mol. The van der Waals surface area contributed by atoms with Crippen LogP contribution in [0.25, 0.3) is 0 Å². The zero-order valence-corrected chi connectivity index (χ0v) is 11.5. The van der Waals surface area contributed by atoms with Crippen molar-refractivity contribution in [3.8, 4) is 0 Å². The summed E-state index contributed by atoms with van der Waals surface area (Å²) < 4.78 is 38.4. The zero-order valence-electron chi connectivity index (χ0n) is 11.5. The molecule has 2 N–H and O–H groups in total. The van der Waals surface area contributed by atoms with Gasteiger partial charge in [0.15, 0.2) is 0 Å². The minimum absolute atomic E-state index is 0.00547. The normalized spacial score (nSPS) is 14.2. The Hall–Kier alpha value is -2.10. The van der Waals surface area contributed by atoms with Crippen LogP contribution in [-0.4, -0.2) is 29.4 Å². The third-order valence-corrected chi connectivity index (χ3v) is 2.88. The summed E-state index contributed by atoms with van der Waals surface area (Å²) >= 11 is 0. The summed E-state index contributed by atoms with van der Waals surface area (Å²) in [5, 5.41) is 22.5. The topological polar surface area (TPSA) is 92.5 Å². The largest absolute Gasteiger partial charge is 0.423 e. The van der Waals surface area contributed by atoms with E-state index in [0.29, 0.717) is 12.1 Å². The highest BCUT2D eigenvalue weighted by Gasteiger charge is 2.39. The van der Waals surface area contributed by atoms with Crippen LogP contribution in [0.15, 0.2) is 18.2 Å². The van der Waals surface area contributed by atoms with E-state index in [0.717, 1.165) is 13.0 Å². The van der Waals surface area contributed by atoms with E-state index in [1.807, 2.05) is 0 Å². The van der Waals surface area contributed by atoms with Gasteiger partial charge in [0.05, 0.1) is 12.8 Å². The third-order valence-electron chi connectivity index (χ3n) is 2.88. The first-order chi connectivity index (χ1) is 9.99. The lowest BCUT2D eigenvalue weighted by Gasteiger charge is -2.22. The third kappa shape index (κ3) is 4.20. The molecule has 1 rings (SSSR count). The molecule has 0 fully saturated rings. The minimum Gasteiger partial charge on any atom is -0.380 e. The first-order valence-electron chi connectivity index (χ1n) is 6.08. The van der Waals surface area contributed by atoms with Gasteiger partial charge >= 0.3 is 6.18 Å². The Morgan fingerprint density at radius 2 is 2.05 bits per heavy atom. The quantitative estimate of drug-likeness (QED) is 0.495. The second-order valence-corrected chi connectivity index (χ2v) is 4.75. The average Bonchev–Trinajstić information content (AvgIpc) is 2.37. The molecule has 0 spiro atoms. The number of nitro groups is 1. The molecule has 1 atom stereocenters. The van der Waals surface area contributed by atoms with E-state index < -0.39 is 33.9 Å². The molecule has 1 aromatic rings. The Labute approximate surface area is 124 Å². The Bertz CT molecular complexity index is 590. The number of alkyl halides is 3. The monoisotopic (exact) mass is 316 g/mol. The number of nitro benzene ring substituents is 1. The molecule has 22 heavy (non-hydrogen) atoms.